The Morgan fingerprint density at radius 2 is 0.983 bits per heavy atom. The number of rotatable bonds is 29. The van der Waals surface area contributed by atoms with Crippen LogP contribution in [0.15, 0.2) is 64.7 Å². The van der Waals surface area contributed by atoms with Gasteiger partial charge in [-0.3, -0.25) is 64.3 Å². The average Bonchev–Trinajstić information content (AvgIpc) is 1.56. The number of aliphatic hydroxyl groups excluding tert-OH is 1. The molecule has 0 amide bonds. The summed E-state index contributed by atoms with van der Waals surface area (Å²) in [5.74, 6) is -0.145. The number of nitrogens with two attached hydrogens (primary N) is 4. The van der Waals surface area contributed by atoms with Crippen LogP contribution >= 0.6 is 48.1 Å². The minimum atomic E-state index is -5.71. The number of phosphoric acid groups is 2. The molecule has 115 heavy (non-hydrogen) atoms. The number of ether oxygens (including phenoxy) is 8. The summed E-state index contributed by atoms with van der Waals surface area (Å²) in [6, 6.07) is 0. The Labute approximate surface area is 686 Å². The third-order valence-corrected chi connectivity index (χ3v) is 27.9. The number of thiol groups is 1. The number of aromatic amines is 1. The van der Waals surface area contributed by atoms with Crippen molar-refractivity contribution in [2.45, 2.75) is 175 Å². The summed E-state index contributed by atoms with van der Waals surface area (Å²) in [4.78, 5) is 130. The Morgan fingerprint density at radius 3 is 1.50 bits per heavy atom. The fourth-order valence-electron chi connectivity index (χ4n) is 15.3. The van der Waals surface area contributed by atoms with Crippen LogP contribution in [-0.2, 0) is 153 Å². The summed E-state index contributed by atoms with van der Waals surface area (Å²) in [5.41, 5.74) is 17.2. The Bertz CT molecular complexity index is 5570. The van der Waals surface area contributed by atoms with Crippen LogP contribution in [0.1, 0.15) is 75.9 Å². The molecule has 8 aliphatic rings. The van der Waals surface area contributed by atoms with Crippen LogP contribution in [-0.4, -0.2) is 239 Å². The number of aromatic nitrogens is 16. The van der Waals surface area contributed by atoms with Gasteiger partial charge >= 0.3 is 47.3 Å². The van der Waals surface area contributed by atoms with Gasteiger partial charge in [-0.15, -0.1) is 0 Å². The maximum Gasteiger partial charge on any atom is 0.472 e. The molecule has 26 atom stereocenters. The van der Waals surface area contributed by atoms with Crippen LogP contribution in [0.3, 0.4) is 0 Å². The number of aliphatic hydroxyl groups is 1. The smallest absolute Gasteiger partial charge is 0.393 e. The van der Waals surface area contributed by atoms with Crippen LogP contribution in [0.5, 0.6) is 0 Å². The second-order valence-electron chi connectivity index (χ2n) is 27.8. The van der Waals surface area contributed by atoms with Gasteiger partial charge < -0.3 is 99.1 Å². The van der Waals surface area contributed by atoms with E-state index < -0.39 is 213 Å². The topological polar surface area (TPSA) is 643 Å². The number of anilines is 4. The molecule has 16 heterocycles. The Balaban J connectivity index is 0.0000104. The van der Waals surface area contributed by atoms with Gasteiger partial charge in [0.15, 0.2) is 53.1 Å². The fraction of sp³-hybridized carbons (Fsp3) is 0.596. The Morgan fingerprint density at radius 1 is 0.548 bits per heavy atom. The van der Waals surface area contributed by atoms with E-state index >= 15 is 4.57 Å². The quantitative estimate of drug-likeness (QED) is 0.0222. The molecule has 0 aromatic carbocycles. The number of nitrogens with zero attached hydrogens (tertiary/aromatic N) is 15. The molecule has 8 aromatic rings. The largest absolute Gasteiger partial charge is 0.472 e. The number of hydrogen-bond acceptors (Lipinski definition) is 41. The molecule has 16 rings (SSSR count). The molecule has 6 bridgehead atoms. The van der Waals surface area contributed by atoms with Crippen molar-refractivity contribution < 1.29 is 154 Å². The molecule has 0 saturated carbocycles. The molecule has 1 radical (unpaired) electrons. The zero-order valence-electron chi connectivity index (χ0n) is 60.6. The van der Waals surface area contributed by atoms with E-state index in [2.05, 4.69) is 67.1 Å². The monoisotopic (exact) mass is 1840 g/mol. The molecule has 49 nitrogen and oxygen atoms in total. The summed E-state index contributed by atoms with van der Waals surface area (Å²) in [6.45, 7) is -10.2. The summed E-state index contributed by atoms with van der Waals surface area (Å²) in [5, 5.41) is 11.0. The van der Waals surface area contributed by atoms with Crippen LogP contribution in [0.4, 0.5) is 23.3 Å². The van der Waals surface area contributed by atoms with Crippen molar-refractivity contribution >= 4 is 129 Å². The predicted octanol–water partition coefficient (Wildman–Crippen LogP) is 0.299. The molecule has 8 aromatic heterocycles. The predicted molar refractivity (Wildman–Crippen MR) is 393 cm³/mol. The molecule has 8 saturated heterocycles. The van der Waals surface area contributed by atoms with E-state index in [1.807, 2.05) is 0 Å². The second-order valence-corrected chi connectivity index (χ2v) is 39.1. The minimum Gasteiger partial charge on any atom is -0.393 e. The van der Waals surface area contributed by atoms with Crippen molar-refractivity contribution in [2.24, 2.45) is 0 Å². The second kappa shape index (κ2) is 31.4. The maximum atomic E-state index is 15.2. The Hall–Kier alpha value is -5.07. The molecule has 58 heteroatoms. The molecule has 8 fully saturated rings. The fourth-order valence-corrected chi connectivity index (χ4v) is 21.2. The van der Waals surface area contributed by atoms with Crippen molar-refractivity contribution in [3.05, 3.63) is 92.8 Å². The van der Waals surface area contributed by atoms with E-state index in [0.717, 1.165) is 28.9 Å². The van der Waals surface area contributed by atoms with Crippen molar-refractivity contribution in [1.82, 2.24) is 77.7 Å². The van der Waals surface area contributed by atoms with Crippen molar-refractivity contribution in [1.29, 1.82) is 0 Å². The summed E-state index contributed by atoms with van der Waals surface area (Å²) in [7, 11) is -10.2. The first kappa shape index (κ1) is 84.9. The summed E-state index contributed by atoms with van der Waals surface area (Å²) >= 11 is 15.1. The minimum absolute atomic E-state index is 0. The van der Waals surface area contributed by atoms with Gasteiger partial charge in [0.1, 0.15) is 126 Å². The summed E-state index contributed by atoms with van der Waals surface area (Å²) < 4.78 is 161. The third kappa shape index (κ3) is 15.5. The number of aryl methyl sites for hydroxylation is 2. The van der Waals surface area contributed by atoms with Gasteiger partial charge in [0.05, 0.1) is 76.4 Å². The molecular weight excluding hydrogens is 1770 g/mol. The number of imidazole rings is 3. The van der Waals surface area contributed by atoms with Gasteiger partial charge in [0.25, 0.3) is 5.56 Å². The van der Waals surface area contributed by atoms with E-state index in [-0.39, 0.29) is 108 Å². The van der Waals surface area contributed by atoms with E-state index in [9.17, 15) is 48.2 Å². The molecule has 10 unspecified atom stereocenters. The number of nitrogens with one attached hydrogen (secondary N) is 1. The molecule has 621 valence electrons. The van der Waals surface area contributed by atoms with Crippen LogP contribution in [0, 0.1) is 13.8 Å². The molecule has 0 spiro atoms. The first-order valence-corrected chi connectivity index (χ1v) is 45.3. The third-order valence-electron chi connectivity index (χ3n) is 21.1. The number of nitrogen functional groups attached to an aromatic ring is 4. The van der Waals surface area contributed by atoms with E-state index in [4.69, 9.17) is 130 Å². The Kier molecular flexibility index (Phi) is 23.2. The SMILES string of the molecule is COP(O)(=S)OC1C[C@H](n2cc(C)c(=O)[nH]c2=O)O[C@@H]1COP(=O)(S)OC1C[C@H](n2cnc3c(N)ncnc32)O[C@@H]1COP(=O)(O)OC1[C@@H]2O[C@@H](C)[C@]1(COP(=O)(O)OC1[C@@H]3O[C@@H](C)[C@]1(COP(O)(=S)OC1[C@@H]4O[C@@H](C)[C@]1(CO)O[C@H]4n1cnc4c(N)ncnc41)O[C@H]3n1cc(C)c(N)nc1=O)O[C@H]2n1cnc2c(N)ncnc21.[Y]. The van der Waals surface area contributed by atoms with Gasteiger partial charge in [-0.1, -0.05) is 12.2 Å². The first-order chi connectivity index (χ1) is 53.9. The van der Waals surface area contributed by atoms with E-state index in [0.29, 0.717) is 5.56 Å². The first-order valence-electron chi connectivity index (χ1n) is 34.4. The van der Waals surface area contributed by atoms with Gasteiger partial charge in [0.2, 0.25) is 0 Å². The molecule has 0 aliphatic carbocycles. The number of hydrogen-bond donors (Lipinski definition) is 11. The van der Waals surface area contributed by atoms with Crippen LogP contribution in [0.2, 0.25) is 0 Å². The molecular formula is C57H73N20O29P5S3Y. The van der Waals surface area contributed by atoms with Crippen molar-refractivity contribution in [3.63, 3.8) is 0 Å². The van der Waals surface area contributed by atoms with E-state index in [1.165, 1.54) is 72.2 Å². The van der Waals surface area contributed by atoms with Gasteiger partial charge in [0, 0.05) is 76.2 Å². The number of phosphoric ester groups is 2. The maximum absolute atomic E-state index is 15.2. The normalized spacial score (nSPS) is 34.7. The number of H-pyrrole nitrogens is 1. The van der Waals surface area contributed by atoms with Crippen molar-refractivity contribution in [3.8, 4) is 0 Å². The zero-order valence-corrected chi connectivity index (χ0v) is 70.4. The van der Waals surface area contributed by atoms with Gasteiger partial charge in [-0.2, -0.15) is 4.98 Å². The van der Waals surface area contributed by atoms with Crippen molar-refractivity contribution in [2.75, 3.05) is 63.1 Å². The molecule has 14 N–H and O–H groups in total. The molecule has 8 aliphatic heterocycles. The average molecular weight is 1840 g/mol. The number of fused-ring (bicyclic) bond motifs is 9. The standard InChI is InChI=1S/C57H73N20O29P5S3.Y/c1-22-9-74(53(80)71-42(22)58)50-37-40(57(100-50,26(5)95-37)15-93-111(88,114)106-39-36-51(99-55(39,13-78)24(3)94-36)76-20-69-34-44(60)63-17-66-47(34)76)105-108(84,85)92-14-56-25(4)96-38(52(101-56)77-21-70-35-45(61)64-18-67-48(35)77)41(56)104-107(82,83)90-11-29-28(8-32(98-29)75-19-68-33-43(59)62-16-65-46(33)75)103-110(87,113)91-12-30-27(102-109(86,112)89-6)7-31(97-30)73-10-23(2)49(79)72-54(73)81;/h9-10,16-21,24-32,36-41,50-52,78H,7-8,11-15H2,1-6H3,(H,82,83)(H,84,85)(H,86,112)(H,87,113)(H,88,114)(H2,58,71,80)(H2,59,62,65)(H2,60,63,66)(H2,61,64,67)(H,72,79,81);/t24-,25-,26-,27?,28?,29+,30+,31+,32+,36-,37-,38-,39?,40?,41?,50+,51+,52+,55-,56-,57-,109?,110?,111?;/m0./s1. The van der Waals surface area contributed by atoms with Gasteiger partial charge in [-0.05, 0) is 58.2 Å². The summed E-state index contributed by atoms with van der Waals surface area (Å²) in [6.07, 6.45) is -15.0. The van der Waals surface area contributed by atoms with E-state index in [1.54, 1.807) is 13.8 Å². The van der Waals surface area contributed by atoms with Crippen LogP contribution < -0.4 is 39.9 Å². The van der Waals surface area contributed by atoms with Crippen LogP contribution in [0.25, 0.3) is 33.5 Å². The zero-order chi connectivity index (χ0) is 81.1. The van der Waals surface area contributed by atoms with Gasteiger partial charge in [-0.25, -0.2) is 68.1 Å².